The van der Waals surface area contributed by atoms with Gasteiger partial charge in [-0.05, 0) is 38.6 Å². The van der Waals surface area contributed by atoms with Crippen molar-refractivity contribution >= 4 is 5.69 Å². The Morgan fingerprint density at radius 2 is 2.20 bits per heavy atom. The number of likely N-dealkylation sites (N-methyl/N-ethyl adjacent to an activating group) is 1. The zero-order valence-corrected chi connectivity index (χ0v) is 13.1. The summed E-state index contributed by atoms with van der Waals surface area (Å²) in [5.74, 6) is 0. The summed E-state index contributed by atoms with van der Waals surface area (Å²) >= 11 is 0. The first kappa shape index (κ1) is 15.3. The summed E-state index contributed by atoms with van der Waals surface area (Å²) in [4.78, 5) is 9.49. The molecule has 1 aliphatic heterocycles. The molecular formula is C16H28N4. The largest absolute Gasteiger partial charge is 0.369 e. The summed E-state index contributed by atoms with van der Waals surface area (Å²) < 4.78 is 0. The van der Waals surface area contributed by atoms with Crippen molar-refractivity contribution in [3.05, 3.63) is 24.0 Å². The third-order valence-electron chi connectivity index (χ3n) is 4.07. The number of nitrogens with one attached hydrogen (secondary N) is 1. The van der Waals surface area contributed by atoms with Crippen LogP contribution in [0.3, 0.4) is 0 Å². The molecule has 20 heavy (non-hydrogen) atoms. The van der Waals surface area contributed by atoms with E-state index in [1.807, 2.05) is 6.20 Å². The fraction of sp³-hybridized carbons (Fsp3) is 0.688. The molecule has 4 nitrogen and oxygen atoms in total. The third-order valence-corrected chi connectivity index (χ3v) is 4.07. The van der Waals surface area contributed by atoms with Crippen molar-refractivity contribution in [1.29, 1.82) is 0 Å². The van der Waals surface area contributed by atoms with E-state index in [0.717, 1.165) is 51.4 Å². The molecule has 0 bridgehead atoms. The van der Waals surface area contributed by atoms with E-state index in [9.17, 15) is 0 Å². The Hall–Kier alpha value is -1.13. The minimum Gasteiger partial charge on any atom is -0.369 e. The first-order valence-electron chi connectivity index (χ1n) is 7.89. The van der Waals surface area contributed by atoms with Crippen LogP contribution >= 0.6 is 0 Å². The van der Waals surface area contributed by atoms with Gasteiger partial charge in [-0.15, -0.1) is 0 Å². The minimum absolute atomic E-state index is 0.628. The van der Waals surface area contributed by atoms with E-state index in [-0.39, 0.29) is 0 Å². The summed E-state index contributed by atoms with van der Waals surface area (Å²) in [7, 11) is 0. The van der Waals surface area contributed by atoms with Gasteiger partial charge in [0.25, 0.3) is 0 Å². The minimum atomic E-state index is 0.628. The van der Waals surface area contributed by atoms with E-state index in [1.54, 1.807) is 0 Å². The van der Waals surface area contributed by atoms with Gasteiger partial charge in [0.2, 0.25) is 0 Å². The van der Waals surface area contributed by atoms with E-state index in [4.69, 9.17) is 0 Å². The highest BCUT2D eigenvalue weighted by Gasteiger charge is 2.22. The van der Waals surface area contributed by atoms with Crippen molar-refractivity contribution in [3.63, 3.8) is 0 Å². The van der Waals surface area contributed by atoms with Gasteiger partial charge < -0.3 is 10.2 Å². The average molecular weight is 276 g/mol. The monoisotopic (exact) mass is 276 g/mol. The van der Waals surface area contributed by atoms with Gasteiger partial charge in [0, 0.05) is 44.1 Å². The van der Waals surface area contributed by atoms with Crippen molar-refractivity contribution in [1.82, 2.24) is 15.2 Å². The molecule has 1 aromatic heterocycles. The number of hydrogen-bond acceptors (Lipinski definition) is 4. The normalized spacial score (nSPS) is 20.4. The zero-order valence-electron chi connectivity index (χ0n) is 13.1. The molecule has 1 unspecified atom stereocenters. The maximum absolute atomic E-state index is 4.46. The van der Waals surface area contributed by atoms with E-state index in [2.05, 4.69) is 53.0 Å². The number of piperazine rings is 1. The maximum atomic E-state index is 4.46. The van der Waals surface area contributed by atoms with Gasteiger partial charge in [0.15, 0.2) is 0 Å². The molecule has 0 spiro atoms. The van der Waals surface area contributed by atoms with Gasteiger partial charge in [-0.2, -0.15) is 0 Å². The molecule has 112 valence electrons. The molecule has 1 N–H and O–H groups in total. The van der Waals surface area contributed by atoms with Gasteiger partial charge in [-0.1, -0.05) is 13.8 Å². The Balaban J connectivity index is 1.97. The van der Waals surface area contributed by atoms with Crippen LogP contribution in [-0.4, -0.2) is 48.6 Å². The first-order valence-corrected chi connectivity index (χ1v) is 7.89. The lowest BCUT2D eigenvalue weighted by molar-refractivity contribution is 0.199. The van der Waals surface area contributed by atoms with Crippen molar-refractivity contribution < 1.29 is 0 Å². The molecule has 0 saturated carbocycles. The first-order chi connectivity index (χ1) is 9.74. The molecule has 4 heteroatoms. The Bertz CT molecular complexity index is 407. The zero-order chi connectivity index (χ0) is 14.4. The summed E-state index contributed by atoms with van der Waals surface area (Å²) in [6.45, 7) is 13.2. The van der Waals surface area contributed by atoms with E-state index < -0.39 is 0 Å². The van der Waals surface area contributed by atoms with Gasteiger partial charge in [0.1, 0.15) is 0 Å². The molecule has 1 aromatic rings. The molecule has 0 aliphatic carbocycles. The second-order valence-corrected chi connectivity index (χ2v) is 5.61. The third kappa shape index (κ3) is 3.93. The highest BCUT2D eigenvalue weighted by molar-refractivity contribution is 5.47. The van der Waals surface area contributed by atoms with Crippen LogP contribution in [0.5, 0.6) is 0 Å². The molecule has 0 amide bonds. The van der Waals surface area contributed by atoms with Gasteiger partial charge >= 0.3 is 0 Å². The van der Waals surface area contributed by atoms with E-state index in [1.165, 1.54) is 5.69 Å². The van der Waals surface area contributed by atoms with E-state index >= 15 is 0 Å². The summed E-state index contributed by atoms with van der Waals surface area (Å²) in [6.07, 6.45) is 3.10. The standard InChI is InChI=1S/C16H28N4/c1-4-7-17-12-15-11-16(6-8-18-15)20-10-9-19(5-2)14(3)13-20/h6,8,11,14,17H,4-5,7,9-10,12-13H2,1-3H3. The highest BCUT2D eigenvalue weighted by Crippen LogP contribution is 2.19. The van der Waals surface area contributed by atoms with Crippen LogP contribution in [-0.2, 0) is 6.54 Å². The smallest absolute Gasteiger partial charge is 0.0562 e. The number of rotatable bonds is 6. The Kier molecular flexibility index (Phi) is 5.80. The Labute approximate surface area is 123 Å². The summed E-state index contributed by atoms with van der Waals surface area (Å²) in [6, 6.07) is 5.00. The van der Waals surface area contributed by atoms with Gasteiger partial charge in [0.05, 0.1) is 5.69 Å². The molecular weight excluding hydrogens is 248 g/mol. The van der Waals surface area contributed by atoms with Crippen LogP contribution in [0.1, 0.15) is 32.9 Å². The molecule has 2 heterocycles. The molecule has 0 aromatic carbocycles. The fourth-order valence-electron chi connectivity index (χ4n) is 2.85. The van der Waals surface area contributed by atoms with Crippen molar-refractivity contribution in [2.45, 2.75) is 39.8 Å². The average Bonchev–Trinajstić information content (AvgIpc) is 2.48. The lowest BCUT2D eigenvalue weighted by Crippen LogP contribution is -2.51. The maximum Gasteiger partial charge on any atom is 0.0562 e. The van der Waals surface area contributed by atoms with Gasteiger partial charge in [-0.25, -0.2) is 0 Å². The molecule has 1 aliphatic rings. The quantitative estimate of drug-likeness (QED) is 0.806. The molecule has 2 rings (SSSR count). The van der Waals surface area contributed by atoms with Crippen molar-refractivity contribution in [3.8, 4) is 0 Å². The van der Waals surface area contributed by atoms with Crippen LogP contribution in [0.15, 0.2) is 18.3 Å². The predicted octanol–water partition coefficient (Wildman–Crippen LogP) is 2.11. The van der Waals surface area contributed by atoms with Crippen LogP contribution in [0, 0.1) is 0 Å². The lowest BCUT2D eigenvalue weighted by Gasteiger charge is -2.40. The second kappa shape index (κ2) is 7.60. The number of aromatic nitrogens is 1. The van der Waals surface area contributed by atoms with Crippen LogP contribution < -0.4 is 10.2 Å². The Morgan fingerprint density at radius 3 is 2.90 bits per heavy atom. The molecule has 1 fully saturated rings. The number of anilines is 1. The highest BCUT2D eigenvalue weighted by atomic mass is 15.3. The summed E-state index contributed by atoms with van der Waals surface area (Å²) in [5.41, 5.74) is 2.46. The van der Waals surface area contributed by atoms with Crippen LogP contribution in [0.2, 0.25) is 0 Å². The van der Waals surface area contributed by atoms with Gasteiger partial charge in [-0.3, -0.25) is 9.88 Å². The van der Waals surface area contributed by atoms with Crippen LogP contribution in [0.4, 0.5) is 5.69 Å². The van der Waals surface area contributed by atoms with E-state index in [0.29, 0.717) is 6.04 Å². The molecule has 1 saturated heterocycles. The van der Waals surface area contributed by atoms with Crippen molar-refractivity contribution in [2.75, 3.05) is 37.6 Å². The van der Waals surface area contributed by atoms with Crippen molar-refractivity contribution in [2.24, 2.45) is 0 Å². The topological polar surface area (TPSA) is 31.4 Å². The predicted molar refractivity (Wildman–Crippen MR) is 85.2 cm³/mol. The SMILES string of the molecule is CCCNCc1cc(N2CCN(CC)C(C)C2)ccn1. The number of pyridine rings is 1. The number of hydrogen-bond donors (Lipinski definition) is 1. The number of nitrogens with zero attached hydrogens (tertiary/aromatic N) is 3. The Morgan fingerprint density at radius 1 is 1.35 bits per heavy atom. The fourth-order valence-corrected chi connectivity index (χ4v) is 2.85. The lowest BCUT2D eigenvalue weighted by atomic mass is 10.1. The second-order valence-electron chi connectivity index (χ2n) is 5.61. The molecule has 1 atom stereocenters. The summed E-state index contributed by atoms with van der Waals surface area (Å²) in [5, 5.41) is 3.42. The van der Waals surface area contributed by atoms with Crippen LogP contribution in [0.25, 0.3) is 0 Å². The molecule has 0 radical (unpaired) electrons.